The average Bonchev–Trinajstić information content (AvgIpc) is 2.93. The minimum atomic E-state index is -0.699. The molecule has 2 aromatic carbocycles. The summed E-state index contributed by atoms with van der Waals surface area (Å²) >= 11 is 0. The second-order valence-corrected chi connectivity index (χ2v) is 10.1. The van der Waals surface area contributed by atoms with Crippen LogP contribution in [0, 0.1) is 0 Å². The molecule has 2 N–H and O–H groups in total. The van der Waals surface area contributed by atoms with Gasteiger partial charge < -0.3 is 29.7 Å². The Kier molecular flexibility index (Phi) is 9.62. The van der Waals surface area contributed by atoms with Crippen LogP contribution in [0.15, 0.2) is 66.9 Å². The third-order valence-electron chi connectivity index (χ3n) is 6.47. The molecule has 9 heteroatoms. The summed E-state index contributed by atoms with van der Waals surface area (Å²) in [4.78, 5) is 23.7. The van der Waals surface area contributed by atoms with Crippen LogP contribution in [0.4, 0.5) is 11.4 Å². The third kappa shape index (κ3) is 7.84. The lowest BCUT2D eigenvalue weighted by Gasteiger charge is -2.37. The van der Waals surface area contributed by atoms with Crippen LogP contribution in [0.2, 0.25) is 0 Å². The summed E-state index contributed by atoms with van der Waals surface area (Å²) in [5, 5.41) is 13.5. The summed E-state index contributed by atoms with van der Waals surface area (Å²) < 4.78 is 11.9. The molecule has 0 spiro atoms. The van der Waals surface area contributed by atoms with Crippen molar-refractivity contribution in [2.45, 2.75) is 26.1 Å². The van der Waals surface area contributed by atoms with Gasteiger partial charge in [0.2, 0.25) is 5.88 Å². The fraction of sp³-hybridized carbons (Fsp3) is 0.400. The maximum Gasteiger partial charge on any atom is 0.256 e. The molecule has 4 rings (SSSR count). The molecule has 1 fully saturated rings. The predicted octanol–water partition coefficient (Wildman–Crippen LogP) is 3.64. The van der Waals surface area contributed by atoms with Crippen LogP contribution >= 0.6 is 0 Å². The van der Waals surface area contributed by atoms with Crippen molar-refractivity contribution in [3.8, 4) is 17.4 Å². The summed E-state index contributed by atoms with van der Waals surface area (Å²) in [5.41, 5.74) is 2.39. The van der Waals surface area contributed by atoms with Gasteiger partial charge in [-0.25, -0.2) is 4.98 Å². The van der Waals surface area contributed by atoms with E-state index in [-0.39, 0.29) is 24.4 Å². The van der Waals surface area contributed by atoms with E-state index >= 15 is 0 Å². The van der Waals surface area contributed by atoms with E-state index in [0.717, 1.165) is 43.3 Å². The molecule has 3 aromatic rings. The zero-order valence-corrected chi connectivity index (χ0v) is 23.2. The number of carbonyl (C=O) groups is 1. The van der Waals surface area contributed by atoms with Crippen LogP contribution < -0.4 is 24.6 Å². The molecule has 0 bridgehead atoms. The molecule has 0 radical (unpaired) electrons. The van der Waals surface area contributed by atoms with E-state index in [9.17, 15) is 9.90 Å². The van der Waals surface area contributed by atoms with Crippen molar-refractivity contribution >= 4 is 17.3 Å². The van der Waals surface area contributed by atoms with E-state index in [1.54, 1.807) is 18.3 Å². The van der Waals surface area contributed by atoms with Gasteiger partial charge in [0, 0.05) is 71.3 Å². The largest absolute Gasteiger partial charge is 0.489 e. The maximum atomic E-state index is 13.0. The van der Waals surface area contributed by atoms with Gasteiger partial charge in [-0.2, -0.15) is 0 Å². The zero-order valence-electron chi connectivity index (χ0n) is 23.2. The molecule has 208 valence electrons. The highest BCUT2D eigenvalue weighted by Crippen LogP contribution is 2.30. The van der Waals surface area contributed by atoms with Crippen molar-refractivity contribution < 1.29 is 19.4 Å². The molecule has 1 aromatic heterocycles. The Balaban J connectivity index is 1.27. The Morgan fingerprint density at radius 2 is 1.82 bits per heavy atom. The number of rotatable bonds is 11. The first kappa shape index (κ1) is 28.2. The zero-order chi connectivity index (χ0) is 27.8. The van der Waals surface area contributed by atoms with Gasteiger partial charge in [-0.3, -0.25) is 9.69 Å². The van der Waals surface area contributed by atoms with E-state index in [2.05, 4.69) is 26.2 Å². The minimum absolute atomic E-state index is 0.112. The molecule has 9 nitrogen and oxygen atoms in total. The number of nitrogens with zero attached hydrogens (tertiary/aromatic N) is 4. The number of piperazine rings is 1. The molecule has 1 amide bonds. The van der Waals surface area contributed by atoms with E-state index in [4.69, 9.17) is 9.47 Å². The lowest BCUT2D eigenvalue weighted by Crippen LogP contribution is -2.50. The first-order valence-electron chi connectivity index (χ1n) is 13.4. The highest BCUT2D eigenvalue weighted by Gasteiger charge is 2.22. The fourth-order valence-electron chi connectivity index (χ4n) is 4.49. The number of anilines is 2. The number of hydrogen-bond acceptors (Lipinski definition) is 8. The second-order valence-electron chi connectivity index (χ2n) is 10.1. The summed E-state index contributed by atoms with van der Waals surface area (Å²) in [7, 11) is 3.90. The van der Waals surface area contributed by atoms with Crippen molar-refractivity contribution in [2.24, 2.45) is 0 Å². The fourth-order valence-corrected chi connectivity index (χ4v) is 4.49. The standard InChI is InChI=1S/C30H39N5O4/c1-22(2)38-28-13-6-5-12-27(28)35-17-15-34(16-18-35)21-24(36)20-32-29(37)26-11-8-14-31-30(26)39-25-10-7-9-23(19-25)33(3)4/h5-14,19,22,24,36H,15-18,20-21H2,1-4H3,(H,32,37). The SMILES string of the molecule is CC(C)Oc1ccccc1N1CCN(CC(O)CNC(=O)c2cccnc2Oc2cccc(N(C)C)c2)CC1. The molecule has 39 heavy (non-hydrogen) atoms. The summed E-state index contributed by atoms with van der Waals surface area (Å²) in [6, 6.07) is 19.0. The molecular formula is C30H39N5O4. The maximum absolute atomic E-state index is 13.0. The number of amides is 1. The van der Waals surface area contributed by atoms with E-state index < -0.39 is 6.10 Å². The van der Waals surface area contributed by atoms with Crippen LogP contribution in [0.5, 0.6) is 17.4 Å². The number of nitrogens with one attached hydrogen (secondary N) is 1. The highest BCUT2D eigenvalue weighted by molar-refractivity contribution is 5.96. The van der Waals surface area contributed by atoms with Crippen molar-refractivity contribution in [1.82, 2.24) is 15.2 Å². The average molecular weight is 534 g/mol. The van der Waals surface area contributed by atoms with Crippen molar-refractivity contribution in [1.29, 1.82) is 0 Å². The van der Waals surface area contributed by atoms with Crippen molar-refractivity contribution in [3.05, 3.63) is 72.4 Å². The van der Waals surface area contributed by atoms with Gasteiger partial charge in [0.05, 0.1) is 17.9 Å². The Morgan fingerprint density at radius 3 is 2.56 bits per heavy atom. The van der Waals surface area contributed by atoms with Crippen LogP contribution in [0.25, 0.3) is 0 Å². The predicted molar refractivity (Wildman–Crippen MR) is 154 cm³/mol. The highest BCUT2D eigenvalue weighted by atomic mass is 16.5. The summed E-state index contributed by atoms with van der Waals surface area (Å²) in [6.07, 6.45) is 1.00. The number of hydrogen-bond donors (Lipinski definition) is 2. The van der Waals surface area contributed by atoms with Gasteiger partial charge in [0.25, 0.3) is 5.91 Å². The molecule has 1 unspecified atom stereocenters. The third-order valence-corrected chi connectivity index (χ3v) is 6.47. The quantitative estimate of drug-likeness (QED) is 0.386. The molecule has 0 aliphatic carbocycles. The first-order valence-corrected chi connectivity index (χ1v) is 13.4. The van der Waals surface area contributed by atoms with Gasteiger partial charge >= 0.3 is 0 Å². The number of para-hydroxylation sites is 2. The summed E-state index contributed by atoms with van der Waals surface area (Å²) in [5.74, 6) is 1.37. The molecular weight excluding hydrogens is 494 g/mol. The van der Waals surface area contributed by atoms with Gasteiger partial charge in [-0.05, 0) is 50.2 Å². The molecule has 1 atom stereocenters. The van der Waals surface area contributed by atoms with Crippen LogP contribution in [0.1, 0.15) is 24.2 Å². The number of β-amino-alcohol motifs (C(OH)–C–C–N with tert-alkyl or cyclic N) is 1. The lowest BCUT2D eigenvalue weighted by atomic mass is 10.2. The number of aromatic nitrogens is 1. The molecule has 1 aliphatic rings. The second kappa shape index (κ2) is 13.3. The number of aliphatic hydroxyl groups is 1. The first-order chi connectivity index (χ1) is 18.8. The van der Waals surface area contributed by atoms with Crippen LogP contribution in [-0.4, -0.2) is 86.5 Å². The summed E-state index contributed by atoms with van der Waals surface area (Å²) in [6.45, 7) is 7.97. The minimum Gasteiger partial charge on any atom is -0.489 e. The number of carbonyl (C=O) groups excluding carboxylic acids is 1. The number of pyridine rings is 1. The number of benzene rings is 2. The van der Waals surface area contributed by atoms with E-state index in [1.165, 1.54) is 0 Å². The monoisotopic (exact) mass is 533 g/mol. The number of ether oxygens (including phenoxy) is 2. The van der Waals surface area contributed by atoms with E-state index in [0.29, 0.717) is 17.9 Å². The van der Waals surface area contributed by atoms with Crippen LogP contribution in [-0.2, 0) is 0 Å². The molecule has 1 saturated heterocycles. The van der Waals surface area contributed by atoms with Crippen molar-refractivity contribution in [2.75, 3.05) is 63.2 Å². The Hall–Kier alpha value is -3.82. The number of aliphatic hydroxyl groups excluding tert-OH is 1. The lowest BCUT2D eigenvalue weighted by molar-refractivity contribution is 0.0849. The van der Waals surface area contributed by atoms with Gasteiger partial charge in [-0.15, -0.1) is 0 Å². The smallest absolute Gasteiger partial charge is 0.256 e. The molecule has 0 saturated carbocycles. The Bertz CT molecular complexity index is 1230. The van der Waals surface area contributed by atoms with Crippen molar-refractivity contribution in [3.63, 3.8) is 0 Å². The van der Waals surface area contributed by atoms with Gasteiger partial charge in [0.1, 0.15) is 17.1 Å². The molecule has 2 heterocycles. The Morgan fingerprint density at radius 1 is 1.05 bits per heavy atom. The van der Waals surface area contributed by atoms with E-state index in [1.807, 2.05) is 75.3 Å². The van der Waals surface area contributed by atoms with Gasteiger partial charge in [0.15, 0.2) is 0 Å². The topological polar surface area (TPSA) is 90.4 Å². The normalized spacial score (nSPS) is 14.7. The molecule has 1 aliphatic heterocycles. The van der Waals surface area contributed by atoms with Crippen LogP contribution in [0.3, 0.4) is 0 Å². The Labute approximate surface area is 231 Å². The van der Waals surface area contributed by atoms with Gasteiger partial charge in [-0.1, -0.05) is 18.2 Å².